The molecule has 0 atom stereocenters. The topological polar surface area (TPSA) is 63.4 Å². The van der Waals surface area contributed by atoms with Crippen molar-refractivity contribution in [2.45, 2.75) is 50.8 Å². The summed E-state index contributed by atoms with van der Waals surface area (Å²) in [4.78, 5) is 0.370. The van der Waals surface area contributed by atoms with Gasteiger partial charge in [-0.05, 0) is 33.6 Å². The van der Waals surface area contributed by atoms with E-state index in [1.165, 1.54) is 0 Å². The maximum Gasteiger partial charge on any atom is 0.219 e. The summed E-state index contributed by atoms with van der Waals surface area (Å²) >= 11 is 4.79. The Hall–Kier alpha value is -0.200. The van der Waals surface area contributed by atoms with E-state index in [4.69, 9.17) is 18.0 Å². The smallest absolute Gasteiger partial charge is 0.219 e. The summed E-state index contributed by atoms with van der Waals surface area (Å²) in [6, 6.07) is 0.165. The largest absolute Gasteiger partial charge is 0.393 e. The van der Waals surface area contributed by atoms with Crippen LogP contribution < -0.4 is 5.73 Å². The van der Waals surface area contributed by atoms with E-state index >= 15 is 0 Å². The first kappa shape index (κ1) is 13.9. The molecule has 1 saturated carbocycles. The fourth-order valence-electron chi connectivity index (χ4n) is 1.43. The lowest BCUT2D eigenvalue weighted by atomic mass is 10.3. The van der Waals surface area contributed by atoms with Crippen LogP contribution in [0.25, 0.3) is 0 Å². The van der Waals surface area contributed by atoms with Crippen molar-refractivity contribution >= 4 is 27.2 Å². The van der Waals surface area contributed by atoms with Gasteiger partial charge in [0.15, 0.2) is 0 Å². The molecule has 0 aromatic heterocycles. The first-order valence-corrected chi connectivity index (χ1v) is 7.31. The van der Waals surface area contributed by atoms with E-state index in [9.17, 15) is 8.42 Å². The number of hydrogen-bond donors (Lipinski definition) is 1. The van der Waals surface area contributed by atoms with Gasteiger partial charge in [0.2, 0.25) is 10.0 Å². The number of thiocarbonyl (C=S) groups is 1. The van der Waals surface area contributed by atoms with Gasteiger partial charge in [-0.2, -0.15) is 4.31 Å². The van der Waals surface area contributed by atoms with Crippen LogP contribution in [0.1, 0.15) is 40.0 Å². The fourth-order valence-corrected chi connectivity index (χ4v) is 3.16. The van der Waals surface area contributed by atoms with Crippen LogP contribution in [-0.4, -0.2) is 35.0 Å². The molecule has 0 amide bonds. The number of nitrogens with two attached hydrogens (primary N) is 1. The molecule has 94 valence electrons. The summed E-state index contributed by atoms with van der Waals surface area (Å²) in [7, 11) is -3.25. The molecule has 0 aromatic carbocycles. The van der Waals surface area contributed by atoms with Gasteiger partial charge in [0, 0.05) is 19.0 Å². The van der Waals surface area contributed by atoms with Crippen molar-refractivity contribution < 1.29 is 8.42 Å². The standard InChI is InChI=1S/C10H20N2O2S2/c1-10(2,3)16(13,14)12(8-4-5-8)7-6-9(11)15/h8H,4-7H2,1-3H3,(H2,11,15). The van der Waals surface area contributed by atoms with Crippen LogP contribution in [0, 0.1) is 0 Å². The molecule has 1 aliphatic rings. The van der Waals surface area contributed by atoms with Crippen LogP contribution in [0.5, 0.6) is 0 Å². The zero-order valence-corrected chi connectivity index (χ0v) is 11.7. The third-order valence-corrected chi connectivity index (χ3v) is 5.47. The summed E-state index contributed by atoms with van der Waals surface area (Å²) in [6.45, 7) is 5.58. The van der Waals surface area contributed by atoms with E-state index in [1.807, 2.05) is 0 Å². The molecule has 1 fully saturated rings. The molecule has 0 heterocycles. The average molecular weight is 264 g/mol. The first-order chi connectivity index (χ1) is 7.16. The summed E-state index contributed by atoms with van der Waals surface area (Å²) in [5, 5.41) is 0. The number of hydrogen-bond acceptors (Lipinski definition) is 3. The molecule has 0 unspecified atom stereocenters. The molecular formula is C10H20N2O2S2. The molecule has 0 saturated heterocycles. The summed E-state index contributed by atoms with van der Waals surface area (Å²) in [5.41, 5.74) is 5.42. The van der Waals surface area contributed by atoms with Crippen molar-refractivity contribution in [2.24, 2.45) is 5.73 Å². The second-order valence-electron chi connectivity index (χ2n) is 5.18. The van der Waals surface area contributed by atoms with E-state index < -0.39 is 14.8 Å². The highest BCUT2D eigenvalue weighted by molar-refractivity contribution is 7.90. The Bertz CT molecular complexity index is 367. The summed E-state index contributed by atoms with van der Waals surface area (Å²) < 4.78 is 25.4. The molecule has 4 nitrogen and oxygen atoms in total. The van der Waals surface area contributed by atoms with Crippen molar-refractivity contribution in [1.82, 2.24) is 4.31 Å². The second kappa shape index (κ2) is 4.58. The lowest BCUT2D eigenvalue weighted by molar-refractivity contribution is 0.395. The van der Waals surface area contributed by atoms with Crippen LogP contribution in [0.3, 0.4) is 0 Å². The van der Waals surface area contributed by atoms with Gasteiger partial charge in [-0.15, -0.1) is 0 Å². The normalized spacial score (nSPS) is 17.8. The third-order valence-electron chi connectivity index (χ3n) is 2.62. The number of rotatable bonds is 5. The van der Waals surface area contributed by atoms with Crippen molar-refractivity contribution in [1.29, 1.82) is 0 Å². The summed E-state index contributed by atoms with van der Waals surface area (Å²) in [6.07, 6.45) is 2.36. The van der Waals surface area contributed by atoms with Crippen molar-refractivity contribution in [3.63, 3.8) is 0 Å². The first-order valence-electron chi connectivity index (χ1n) is 5.46. The minimum atomic E-state index is -3.25. The maximum atomic E-state index is 12.3. The highest BCUT2D eigenvalue weighted by Gasteiger charge is 2.42. The Morgan fingerprint density at radius 3 is 2.25 bits per heavy atom. The minimum absolute atomic E-state index is 0.165. The Morgan fingerprint density at radius 2 is 1.94 bits per heavy atom. The average Bonchev–Trinajstić information content (AvgIpc) is 2.85. The Labute approximate surface area is 103 Å². The van der Waals surface area contributed by atoms with Crippen LogP contribution in [0.4, 0.5) is 0 Å². The third kappa shape index (κ3) is 3.15. The van der Waals surface area contributed by atoms with Gasteiger partial charge in [0.1, 0.15) is 0 Å². The van der Waals surface area contributed by atoms with Crippen molar-refractivity contribution in [3.05, 3.63) is 0 Å². The van der Waals surface area contributed by atoms with Gasteiger partial charge >= 0.3 is 0 Å². The van der Waals surface area contributed by atoms with E-state index in [-0.39, 0.29) is 6.04 Å². The maximum absolute atomic E-state index is 12.3. The Kier molecular flexibility index (Phi) is 3.97. The molecule has 0 aliphatic heterocycles. The minimum Gasteiger partial charge on any atom is -0.393 e. The zero-order valence-electron chi connectivity index (χ0n) is 10.1. The zero-order chi connectivity index (χ0) is 12.6. The Balaban J connectivity index is 2.82. The van der Waals surface area contributed by atoms with Gasteiger partial charge in [-0.25, -0.2) is 8.42 Å². The predicted molar refractivity (Wildman–Crippen MR) is 69.8 cm³/mol. The molecule has 0 spiro atoms. The molecule has 16 heavy (non-hydrogen) atoms. The van der Waals surface area contributed by atoms with Gasteiger partial charge in [0.25, 0.3) is 0 Å². The second-order valence-corrected chi connectivity index (χ2v) is 8.34. The molecule has 1 rings (SSSR count). The molecule has 0 aromatic rings. The number of sulfonamides is 1. The van der Waals surface area contributed by atoms with Crippen molar-refractivity contribution in [3.8, 4) is 0 Å². The number of nitrogens with zero attached hydrogens (tertiary/aromatic N) is 1. The van der Waals surface area contributed by atoms with Crippen LogP contribution in [0.15, 0.2) is 0 Å². The van der Waals surface area contributed by atoms with E-state index in [2.05, 4.69) is 0 Å². The molecular weight excluding hydrogens is 244 g/mol. The molecule has 2 N–H and O–H groups in total. The van der Waals surface area contributed by atoms with Crippen LogP contribution in [0.2, 0.25) is 0 Å². The molecule has 6 heteroatoms. The molecule has 0 bridgehead atoms. The Morgan fingerprint density at radius 1 is 1.44 bits per heavy atom. The van der Waals surface area contributed by atoms with Crippen molar-refractivity contribution in [2.75, 3.05) is 6.54 Å². The quantitative estimate of drug-likeness (QED) is 0.759. The monoisotopic (exact) mass is 264 g/mol. The highest BCUT2D eigenvalue weighted by atomic mass is 32.2. The van der Waals surface area contributed by atoms with Gasteiger partial charge < -0.3 is 5.73 Å². The van der Waals surface area contributed by atoms with Crippen LogP contribution >= 0.6 is 12.2 Å². The van der Waals surface area contributed by atoms with E-state index in [0.717, 1.165) is 12.8 Å². The lowest BCUT2D eigenvalue weighted by Gasteiger charge is -2.29. The fraction of sp³-hybridized carbons (Fsp3) is 0.900. The molecule has 0 radical (unpaired) electrons. The highest BCUT2D eigenvalue weighted by Crippen LogP contribution is 2.33. The lowest BCUT2D eigenvalue weighted by Crippen LogP contribution is -2.45. The van der Waals surface area contributed by atoms with Gasteiger partial charge in [-0.1, -0.05) is 12.2 Å². The predicted octanol–water partition coefficient (Wildman–Crippen LogP) is 1.26. The summed E-state index contributed by atoms with van der Waals surface area (Å²) in [5.74, 6) is 0. The van der Waals surface area contributed by atoms with E-state index in [0.29, 0.717) is 18.0 Å². The van der Waals surface area contributed by atoms with E-state index in [1.54, 1.807) is 25.1 Å². The van der Waals surface area contributed by atoms with Crippen LogP contribution in [-0.2, 0) is 10.0 Å². The van der Waals surface area contributed by atoms with Gasteiger partial charge in [0.05, 0.1) is 9.74 Å². The SMILES string of the molecule is CC(C)(C)S(=O)(=O)N(CCC(N)=S)C1CC1. The molecule has 1 aliphatic carbocycles. The van der Waals surface area contributed by atoms with Gasteiger partial charge in [-0.3, -0.25) is 0 Å².